The molecule has 5 heavy (non-hydrogen) atoms. The van der Waals surface area contributed by atoms with Crippen molar-refractivity contribution in [3.63, 3.8) is 0 Å². The minimum atomic E-state index is 0. The average molecular weight is 292 g/mol. The largest absolute Gasteiger partial charge is 0.300 e. The molecular weight excluding hydrogens is 273 g/mol. The summed E-state index contributed by atoms with van der Waals surface area (Å²) in [4.78, 5) is 0. The van der Waals surface area contributed by atoms with Crippen molar-refractivity contribution >= 4 is 47.8 Å². The van der Waals surface area contributed by atoms with Crippen LogP contribution in [0, 0.1) is 13.8 Å². The van der Waals surface area contributed by atoms with Crippen LogP contribution in [0.2, 0.25) is 0 Å². The van der Waals surface area contributed by atoms with Crippen LogP contribution in [-0.4, -0.2) is 47.8 Å². The van der Waals surface area contributed by atoms with E-state index in [2.05, 4.69) is 13.8 Å². The molecule has 0 amide bonds. The van der Waals surface area contributed by atoms with Crippen molar-refractivity contribution in [2.75, 3.05) is 0 Å². The van der Waals surface area contributed by atoms with Gasteiger partial charge in [-0.1, -0.05) is 0 Å². The fraction of sp³-hybridized carbons (Fsp3) is 0.333. The topological polar surface area (TPSA) is 0 Å². The fourth-order valence-corrected chi connectivity index (χ4v) is 0. The van der Waals surface area contributed by atoms with Crippen LogP contribution in [0.25, 0.3) is 0 Å². The van der Waals surface area contributed by atoms with Crippen molar-refractivity contribution in [2.24, 2.45) is 0 Å². The van der Waals surface area contributed by atoms with Crippen molar-refractivity contribution in [3.8, 4) is 0 Å². The number of hydrogen-bond acceptors (Lipinski definition) is 0. The van der Waals surface area contributed by atoms with E-state index in [4.69, 9.17) is 0 Å². The first-order chi connectivity index (χ1) is 1.41. The molecule has 0 rings (SSSR count). The Balaban J connectivity index is -0.000000000714. The van der Waals surface area contributed by atoms with Crippen LogP contribution in [0.15, 0.2) is 0 Å². The normalized spacial score (nSPS) is 3.40. The summed E-state index contributed by atoms with van der Waals surface area (Å²) in [5, 5.41) is 0. The third-order valence-electron chi connectivity index (χ3n) is 0. The van der Waals surface area contributed by atoms with E-state index in [9.17, 15) is 0 Å². The standard InChI is InChI=1S/C3H6.2Sn.6H2/c1-3-2;;;;;;;;/h1-3H2;;;6*1H. The molecular formula is C3H18Sn2. The van der Waals surface area contributed by atoms with Gasteiger partial charge in [0.25, 0.3) is 0 Å². The second kappa shape index (κ2) is 17.9. The summed E-state index contributed by atoms with van der Waals surface area (Å²) >= 11 is 0. The molecule has 0 aromatic rings. The quantitative estimate of drug-likeness (QED) is 0.471. The maximum Gasteiger partial charge on any atom is 0.0302 e. The predicted molar refractivity (Wildman–Crippen MR) is 39.5 cm³/mol. The van der Waals surface area contributed by atoms with Gasteiger partial charge in [0.05, 0.1) is 0 Å². The van der Waals surface area contributed by atoms with Crippen LogP contribution in [0.1, 0.15) is 15.0 Å². The summed E-state index contributed by atoms with van der Waals surface area (Å²) in [6.07, 6.45) is 0.750. The van der Waals surface area contributed by atoms with Crippen molar-refractivity contribution in [2.45, 2.75) is 6.42 Å². The maximum atomic E-state index is 3.38. The van der Waals surface area contributed by atoms with Crippen LogP contribution >= 0.6 is 0 Å². The van der Waals surface area contributed by atoms with Crippen LogP contribution in [-0.2, 0) is 0 Å². The molecule has 0 spiro atoms. The maximum absolute atomic E-state index is 3.38. The molecule has 0 atom stereocenters. The Morgan fingerprint density at radius 2 is 1.60 bits per heavy atom. The predicted octanol–water partition coefficient (Wildman–Crippen LogP) is 1.76. The number of rotatable bonds is 0. The Hall–Kier alpha value is 1.47. The van der Waals surface area contributed by atoms with Crippen LogP contribution in [0.3, 0.4) is 0 Å². The van der Waals surface area contributed by atoms with E-state index in [0.29, 0.717) is 0 Å². The molecule has 0 aliphatic rings. The number of hydrogen-bond donors (Lipinski definition) is 0. The van der Waals surface area contributed by atoms with Crippen molar-refractivity contribution in [1.29, 1.82) is 0 Å². The van der Waals surface area contributed by atoms with Gasteiger partial charge in [0.1, 0.15) is 0 Å². The Kier molecular flexibility index (Phi) is 57.6. The molecule has 2 heteroatoms. The Bertz CT molecular complexity index is 15.8. The van der Waals surface area contributed by atoms with E-state index in [0.717, 1.165) is 6.42 Å². The third-order valence-corrected chi connectivity index (χ3v) is 0. The average Bonchev–Trinajstić information content (AvgIpc) is 0.918. The van der Waals surface area contributed by atoms with E-state index in [1.807, 2.05) is 0 Å². The van der Waals surface area contributed by atoms with Gasteiger partial charge in [0.2, 0.25) is 0 Å². The summed E-state index contributed by atoms with van der Waals surface area (Å²) in [5.41, 5.74) is 0. The van der Waals surface area contributed by atoms with E-state index in [-0.39, 0.29) is 56.4 Å². The molecule has 0 bridgehead atoms. The second-order valence-corrected chi connectivity index (χ2v) is 0.354. The van der Waals surface area contributed by atoms with Gasteiger partial charge >= 0.3 is 0 Å². The summed E-state index contributed by atoms with van der Waals surface area (Å²) in [7, 11) is 0. The molecule has 0 saturated carbocycles. The minimum absolute atomic E-state index is 0. The molecule has 0 aromatic heterocycles. The van der Waals surface area contributed by atoms with Crippen LogP contribution in [0.4, 0.5) is 0 Å². The van der Waals surface area contributed by atoms with E-state index < -0.39 is 0 Å². The van der Waals surface area contributed by atoms with Gasteiger partial charge < -0.3 is 0 Å². The van der Waals surface area contributed by atoms with Gasteiger partial charge in [0, 0.05) is 63.3 Å². The molecule has 0 aliphatic heterocycles. The zero-order valence-corrected chi connectivity index (χ0v) is 8.83. The van der Waals surface area contributed by atoms with Crippen LogP contribution in [0.5, 0.6) is 0 Å². The molecule has 38 valence electrons. The Labute approximate surface area is 76.5 Å². The molecule has 0 aromatic carbocycles. The van der Waals surface area contributed by atoms with Gasteiger partial charge in [-0.15, -0.1) is 0 Å². The van der Waals surface area contributed by atoms with E-state index in [1.165, 1.54) is 0 Å². The molecule has 0 N–H and O–H groups in total. The van der Waals surface area contributed by atoms with E-state index in [1.54, 1.807) is 0 Å². The smallest absolute Gasteiger partial charge is 0.0302 e. The van der Waals surface area contributed by atoms with E-state index >= 15 is 0 Å². The molecule has 0 fully saturated rings. The molecule has 0 heterocycles. The zero-order chi connectivity index (χ0) is 2.71. The molecule has 0 unspecified atom stereocenters. The SMILES string of the molecule is [CH2+]C[CH2-].[HH].[HH].[HH].[HH].[HH].[HH].[Sn].[Sn]. The zero-order valence-electron chi connectivity index (χ0n) is 3.12. The fourth-order valence-electron chi connectivity index (χ4n) is 0. The van der Waals surface area contributed by atoms with Gasteiger partial charge in [0.15, 0.2) is 0 Å². The third kappa shape index (κ3) is 30.5. The first-order valence-corrected chi connectivity index (χ1v) is 1.000. The summed E-state index contributed by atoms with van der Waals surface area (Å²) in [5.74, 6) is 0. The first-order valence-electron chi connectivity index (χ1n) is 1.000. The monoisotopic (exact) mass is 294 g/mol. The van der Waals surface area contributed by atoms with Crippen molar-refractivity contribution in [1.82, 2.24) is 0 Å². The Morgan fingerprint density at radius 3 is 1.60 bits per heavy atom. The molecule has 0 aliphatic carbocycles. The second-order valence-electron chi connectivity index (χ2n) is 0.354. The molecule has 0 nitrogen and oxygen atoms in total. The van der Waals surface area contributed by atoms with Crippen molar-refractivity contribution < 1.29 is 8.56 Å². The molecule has 8 radical (unpaired) electrons. The first kappa shape index (κ1) is 16.1. The van der Waals surface area contributed by atoms with Crippen molar-refractivity contribution in [3.05, 3.63) is 13.8 Å². The summed E-state index contributed by atoms with van der Waals surface area (Å²) in [6.45, 7) is 6.75. The van der Waals surface area contributed by atoms with Crippen LogP contribution < -0.4 is 0 Å². The van der Waals surface area contributed by atoms with Gasteiger partial charge in [-0.2, -0.15) is 0 Å². The Morgan fingerprint density at radius 1 is 1.60 bits per heavy atom. The minimum Gasteiger partial charge on any atom is -0.300 e. The summed E-state index contributed by atoms with van der Waals surface area (Å²) in [6, 6.07) is 0. The van der Waals surface area contributed by atoms with Gasteiger partial charge in [-0.25, -0.2) is 0 Å². The van der Waals surface area contributed by atoms with Gasteiger partial charge in [-0.05, 0) is 6.42 Å². The van der Waals surface area contributed by atoms with Gasteiger partial charge in [-0.3, -0.25) is 6.92 Å². The molecule has 0 saturated heterocycles. The summed E-state index contributed by atoms with van der Waals surface area (Å²) < 4.78 is 0.